The van der Waals surface area contributed by atoms with Gasteiger partial charge >= 0.3 is 5.97 Å². The Balaban J connectivity index is 2.01. The van der Waals surface area contributed by atoms with E-state index in [2.05, 4.69) is 5.32 Å². The Hall–Kier alpha value is -2.70. The molecule has 1 aromatic carbocycles. The Kier molecular flexibility index (Phi) is 8.99. The van der Waals surface area contributed by atoms with Crippen molar-refractivity contribution in [2.75, 3.05) is 6.54 Å². The molecule has 3 atom stereocenters. The number of nitrogens with one attached hydrogen (secondary N) is 1. The molecule has 0 radical (unpaired) electrons. The molecule has 0 saturated carbocycles. The maximum absolute atomic E-state index is 13.1. The predicted octanol–water partition coefficient (Wildman–Crippen LogP) is 3.51. The summed E-state index contributed by atoms with van der Waals surface area (Å²) in [4.78, 5) is 52.6. The zero-order valence-corrected chi connectivity index (χ0v) is 19.8. The number of ketones is 1. The molecular weight excluding hydrogens is 408 g/mol. The molecule has 7 nitrogen and oxygen atoms in total. The minimum Gasteiger partial charge on any atom is -0.458 e. The van der Waals surface area contributed by atoms with Gasteiger partial charge in [0.25, 0.3) is 5.91 Å². The van der Waals surface area contributed by atoms with E-state index < -0.39 is 29.6 Å². The van der Waals surface area contributed by atoms with Crippen LogP contribution in [0.25, 0.3) is 0 Å². The number of ether oxygens (including phenoxy) is 1. The number of benzene rings is 1. The van der Waals surface area contributed by atoms with Crippen LogP contribution in [0.2, 0.25) is 0 Å². The van der Waals surface area contributed by atoms with Crippen molar-refractivity contribution < 1.29 is 23.9 Å². The Morgan fingerprint density at radius 2 is 1.81 bits per heavy atom. The summed E-state index contributed by atoms with van der Waals surface area (Å²) in [7, 11) is 0. The quantitative estimate of drug-likeness (QED) is 0.589. The summed E-state index contributed by atoms with van der Waals surface area (Å²) in [5.74, 6) is -1.69. The van der Waals surface area contributed by atoms with Gasteiger partial charge in [-0.15, -0.1) is 0 Å². The van der Waals surface area contributed by atoms with E-state index in [9.17, 15) is 19.2 Å². The van der Waals surface area contributed by atoms with Crippen LogP contribution in [-0.4, -0.2) is 52.7 Å². The van der Waals surface area contributed by atoms with Gasteiger partial charge < -0.3 is 15.0 Å². The predicted molar refractivity (Wildman–Crippen MR) is 122 cm³/mol. The highest BCUT2D eigenvalue weighted by Gasteiger charge is 2.39. The van der Waals surface area contributed by atoms with E-state index in [1.807, 2.05) is 13.0 Å². The van der Waals surface area contributed by atoms with Crippen molar-refractivity contribution in [1.82, 2.24) is 10.2 Å². The van der Waals surface area contributed by atoms with Gasteiger partial charge in [0.1, 0.15) is 11.6 Å². The number of likely N-dealkylation sites (tertiary alicyclic amines) is 1. The summed E-state index contributed by atoms with van der Waals surface area (Å²) in [5.41, 5.74) is -0.136. The fraction of sp³-hybridized carbons (Fsp3) is 0.600. The summed E-state index contributed by atoms with van der Waals surface area (Å²) < 4.78 is 5.47. The van der Waals surface area contributed by atoms with Crippen molar-refractivity contribution in [2.24, 2.45) is 5.92 Å². The molecule has 0 bridgehead atoms. The van der Waals surface area contributed by atoms with Crippen LogP contribution < -0.4 is 5.32 Å². The maximum atomic E-state index is 13.1. The average molecular weight is 445 g/mol. The van der Waals surface area contributed by atoms with Crippen LogP contribution >= 0.6 is 0 Å². The van der Waals surface area contributed by atoms with Crippen molar-refractivity contribution in [3.63, 3.8) is 0 Å². The molecule has 32 heavy (non-hydrogen) atoms. The first-order valence-electron chi connectivity index (χ1n) is 11.5. The Labute approximate surface area is 190 Å². The number of nitrogens with zero attached hydrogens (tertiary/aromatic N) is 1. The lowest BCUT2D eigenvalue weighted by atomic mass is 9.96. The molecule has 0 aliphatic carbocycles. The van der Waals surface area contributed by atoms with Gasteiger partial charge in [-0.25, -0.2) is 4.79 Å². The summed E-state index contributed by atoms with van der Waals surface area (Å²) in [5, 5.41) is 2.81. The topological polar surface area (TPSA) is 92.8 Å². The number of hydrogen-bond acceptors (Lipinski definition) is 5. The molecule has 7 heteroatoms. The van der Waals surface area contributed by atoms with E-state index in [0.717, 1.165) is 12.8 Å². The average Bonchev–Trinajstić information content (AvgIpc) is 3.22. The van der Waals surface area contributed by atoms with E-state index >= 15 is 0 Å². The molecule has 1 N–H and O–H groups in total. The normalized spacial score (nSPS) is 18.0. The number of hydrogen-bond donors (Lipinski definition) is 1. The number of amides is 2. The van der Waals surface area contributed by atoms with Crippen LogP contribution in [0.5, 0.6) is 0 Å². The number of Topliss-reactive ketones (excluding diaryl/α,β-unsaturated/α-hetero) is 1. The van der Waals surface area contributed by atoms with Crippen molar-refractivity contribution in [3.05, 3.63) is 35.9 Å². The van der Waals surface area contributed by atoms with Gasteiger partial charge in [0.2, 0.25) is 5.91 Å². The van der Waals surface area contributed by atoms with Crippen LogP contribution in [0.4, 0.5) is 0 Å². The summed E-state index contributed by atoms with van der Waals surface area (Å²) in [6.07, 6.45) is 2.52. The van der Waals surface area contributed by atoms with Crippen LogP contribution in [0.15, 0.2) is 30.3 Å². The highest BCUT2D eigenvalue weighted by molar-refractivity contribution is 5.98. The molecular formula is C25H36N2O5. The monoisotopic (exact) mass is 444 g/mol. The standard InChI is InChI=1S/C25H36N2O5/c1-6-11-19(26-22(29)18-12-8-7-9-13-18)21(28)16-17(2)23(30)27-15-10-14-20(27)24(31)32-25(3,4)5/h7-9,12-13,17,19-20H,6,10-11,14-16H2,1-5H3,(H,26,29)/t17-,19+,20-/m0/s1. The second kappa shape index (κ2) is 11.2. The van der Waals surface area contributed by atoms with Gasteiger partial charge in [-0.2, -0.15) is 0 Å². The fourth-order valence-electron chi connectivity index (χ4n) is 3.89. The van der Waals surface area contributed by atoms with E-state index in [-0.39, 0.29) is 24.0 Å². The first-order chi connectivity index (χ1) is 15.0. The molecule has 1 aliphatic heterocycles. The van der Waals surface area contributed by atoms with E-state index in [4.69, 9.17) is 4.74 Å². The van der Waals surface area contributed by atoms with Crippen molar-refractivity contribution in [2.45, 2.75) is 84.4 Å². The molecule has 0 unspecified atom stereocenters. The number of esters is 1. The van der Waals surface area contributed by atoms with Crippen LogP contribution in [0.3, 0.4) is 0 Å². The molecule has 2 rings (SSSR count). The van der Waals surface area contributed by atoms with Gasteiger partial charge in [-0.05, 0) is 52.2 Å². The summed E-state index contributed by atoms with van der Waals surface area (Å²) in [6.45, 7) is 9.51. The zero-order valence-electron chi connectivity index (χ0n) is 19.8. The highest BCUT2D eigenvalue weighted by Crippen LogP contribution is 2.24. The molecule has 1 saturated heterocycles. The maximum Gasteiger partial charge on any atom is 0.329 e. The molecule has 176 valence electrons. The van der Waals surface area contributed by atoms with Crippen molar-refractivity contribution in [1.29, 1.82) is 0 Å². The minimum atomic E-state index is -0.650. The molecule has 1 aromatic rings. The summed E-state index contributed by atoms with van der Waals surface area (Å²) in [6, 6.07) is 7.49. The lowest BCUT2D eigenvalue weighted by Gasteiger charge is -2.29. The van der Waals surface area contributed by atoms with Crippen molar-refractivity contribution in [3.8, 4) is 0 Å². The third kappa shape index (κ3) is 7.18. The van der Waals surface area contributed by atoms with Gasteiger partial charge in [0.15, 0.2) is 5.78 Å². The largest absolute Gasteiger partial charge is 0.458 e. The lowest BCUT2D eigenvalue weighted by Crippen LogP contribution is -2.47. The zero-order chi connectivity index (χ0) is 23.9. The lowest BCUT2D eigenvalue weighted by molar-refractivity contribution is -0.163. The molecule has 1 aliphatic rings. The molecule has 2 amide bonds. The Bertz CT molecular complexity index is 815. The van der Waals surface area contributed by atoms with E-state index in [1.165, 1.54) is 0 Å². The first kappa shape index (κ1) is 25.6. The van der Waals surface area contributed by atoms with E-state index in [0.29, 0.717) is 24.9 Å². The molecule has 0 spiro atoms. The fourth-order valence-corrected chi connectivity index (χ4v) is 3.89. The smallest absolute Gasteiger partial charge is 0.329 e. The van der Waals surface area contributed by atoms with Crippen LogP contribution in [0, 0.1) is 5.92 Å². The Morgan fingerprint density at radius 1 is 1.16 bits per heavy atom. The van der Waals surface area contributed by atoms with E-state index in [1.54, 1.807) is 56.9 Å². The molecule has 1 heterocycles. The Morgan fingerprint density at radius 3 is 2.41 bits per heavy atom. The summed E-state index contributed by atoms with van der Waals surface area (Å²) >= 11 is 0. The number of carbonyl (C=O) groups is 4. The van der Waals surface area contributed by atoms with Gasteiger partial charge in [-0.3, -0.25) is 14.4 Å². The van der Waals surface area contributed by atoms with Crippen molar-refractivity contribution >= 4 is 23.6 Å². The highest BCUT2D eigenvalue weighted by atomic mass is 16.6. The molecule has 1 fully saturated rings. The van der Waals surface area contributed by atoms with Crippen LogP contribution in [-0.2, 0) is 19.1 Å². The third-order valence-electron chi connectivity index (χ3n) is 5.45. The molecule has 0 aromatic heterocycles. The second-order valence-corrected chi connectivity index (χ2v) is 9.48. The van der Waals surface area contributed by atoms with Gasteiger partial charge in [0.05, 0.1) is 6.04 Å². The second-order valence-electron chi connectivity index (χ2n) is 9.48. The number of carbonyl (C=O) groups excluding carboxylic acids is 4. The van der Waals surface area contributed by atoms with Gasteiger partial charge in [-0.1, -0.05) is 38.5 Å². The SMILES string of the molecule is CCC[C@@H](NC(=O)c1ccccc1)C(=O)C[C@H](C)C(=O)N1CCC[C@H]1C(=O)OC(C)(C)C. The number of rotatable bonds is 9. The minimum absolute atomic E-state index is 0.0100. The first-order valence-corrected chi connectivity index (χ1v) is 11.5. The van der Waals surface area contributed by atoms with Crippen LogP contribution in [0.1, 0.15) is 77.1 Å². The third-order valence-corrected chi connectivity index (χ3v) is 5.45. The van der Waals surface area contributed by atoms with Gasteiger partial charge in [0, 0.05) is 24.4 Å².